The highest BCUT2D eigenvalue weighted by atomic mass is 16.2. The van der Waals surface area contributed by atoms with Gasteiger partial charge in [-0.1, -0.05) is 42.5 Å². The molecule has 2 N–H and O–H groups in total. The Kier molecular flexibility index (Phi) is 5.67. The SMILES string of the molecule is O=C(NCc1ccccc1)Nc1ccc2nc(-c3ccccn3)c(-c3ccccn3)nc2c1. The van der Waals surface area contributed by atoms with Gasteiger partial charge in [0.1, 0.15) is 11.4 Å². The van der Waals surface area contributed by atoms with Gasteiger partial charge in [0.25, 0.3) is 0 Å². The van der Waals surface area contributed by atoms with Gasteiger partial charge in [0.15, 0.2) is 0 Å². The molecular formula is C26H20N6O. The number of hydrogen-bond donors (Lipinski definition) is 2. The summed E-state index contributed by atoms with van der Waals surface area (Å²) in [6, 6.07) is 26.2. The largest absolute Gasteiger partial charge is 0.334 e. The highest BCUT2D eigenvalue weighted by Gasteiger charge is 2.15. The van der Waals surface area contributed by atoms with E-state index in [1.54, 1.807) is 18.5 Å². The van der Waals surface area contributed by atoms with Crippen molar-refractivity contribution in [2.24, 2.45) is 0 Å². The fourth-order valence-electron chi connectivity index (χ4n) is 3.45. The second-order valence-corrected chi connectivity index (χ2v) is 7.35. The van der Waals surface area contributed by atoms with Crippen LogP contribution in [-0.2, 0) is 6.54 Å². The Morgan fingerprint density at radius 1 is 0.697 bits per heavy atom. The van der Waals surface area contributed by atoms with Crippen LogP contribution in [-0.4, -0.2) is 26.0 Å². The van der Waals surface area contributed by atoms with Gasteiger partial charge in [-0.05, 0) is 48.0 Å². The monoisotopic (exact) mass is 432 g/mol. The van der Waals surface area contributed by atoms with Crippen molar-refractivity contribution >= 4 is 22.8 Å². The van der Waals surface area contributed by atoms with E-state index in [2.05, 4.69) is 20.6 Å². The smallest absolute Gasteiger partial charge is 0.319 e. The molecule has 0 atom stereocenters. The highest BCUT2D eigenvalue weighted by Crippen LogP contribution is 2.29. The van der Waals surface area contributed by atoms with Crippen LogP contribution in [0.2, 0.25) is 0 Å². The Balaban J connectivity index is 1.46. The molecule has 0 radical (unpaired) electrons. The molecule has 5 rings (SSSR count). The fraction of sp³-hybridized carbons (Fsp3) is 0.0385. The van der Waals surface area contributed by atoms with E-state index in [9.17, 15) is 4.79 Å². The zero-order chi connectivity index (χ0) is 22.5. The number of nitrogens with zero attached hydrogens (tertiary/aromatic N) is 4. The summed E-state index contributed by atoms with van der Waals surface area (Å²) in [6.45, 7) is 0.442. The van der Waals surface area contributed by atoms with Crippen LogP contribution in [0.3, 0.4) is 0 Å². The zero-order valence-electron chi connectivity index (χ0n) is 17.6. The second-order valence-electron chi connectivity index (χ2n) is 7.35. The molecule has 2 aromatic carbocycles. The number of urea groups is 1. The van der Waals surface area contributed by atoms with Gasteiger partial charge in [0, 0.05) is 24.6 Å². The van der Waals surface area contributed by atoms with E-state index < -0.39 is 0 Å². The second kappa shape index (κ2) is 9.23. The first-order chi connectivity index (χ1) is 16.3. The van der Waals surface area contributed by atoms with Crippen LogP contribution >= 0.6 is 0 Å². The van der Waals surface area contributed by atoms with Crippen molar-refractivity contribution in [3.8, 4) is 22.8 Å². The summed E-state index contributed by atoms with van der Waals surface area (Å²) in [5, 5.41) is 5.72. The van der Waals surface area contributed by atoms with Crippen molar-refractivity contribution in [2.75, 3.05) is 5.32 Å². The quantitative estimate of drug-likeness (QED) is 0.404. The van der Waals surface area contributed by atoms with E-state index in [-0.39, 0.29) is 6.03 Å². The standard InChI is InChI=1S/C26H20N6O/c33-26(29-17-18-8-2-1-3-9-18)30-19-12-13-20-23(16-19)32-25(22-11-5-7-15-28-22)24(31-20)21-10-4-6-14-27-21/h1-16H,17H2,(H2,29,30,33). The van der Waals surface area contributed by atoms with Crippen molar-refractivity contribution in [2.45, 2.75) is 6.54 Å². The molecule has 0 spiro atoms. The summed E-state index contributed by atoms with van der Waals surface area (Å²) in [7, 11) is 0. The van der Waals surface area contributed by atoms with Gasteiger partial charge in [0.2, 0.25) is 0 Å². The minimum atomic E-state index is -0.291. The lowest BCUT2D eigenvalue weighted by Gasteiger charge is -2.11. The topological polar surface area (TPSA) is 92.7 Å². The molecule has 33 heavy (non-hydrogen) atoms. The Bertz CT molecular complexity index is 1390. The van der Waals surface area contributed by atoms with Crippen molar-refractivity contribution in [3.63, 3.8) is 0 Å². The number of carbonyl (C=O) groups is 1. The van der Waals surface area contributed by atoms with Crippen LogP contribution in [0, 0.1) is 0 Å². The number of rotatable bonds is 5. The van der Waals surface area contributed by atoms with E-state index in [1.165, 1.54) is 0 Å². The van der Waals surface area contributed by atoms with Crippen LogP contribution in [0.25, 0.3) is 33.8 Å². The summed E-state index contributed by atoms with van der Waals surface area (Å²) in [6.07, 6.45) is 3.45. The molecule has 5 aromatic rings. The minimum Gasteiger partial charge on any atom is -0.334 e. The van der Waals surface area contributed by atoms with E-state index >= 15 is 0 Å². The lowest BCUT2D eigenvalue weighted by Crippen LogP contribution is -2.28. The number of fused-ring (bicyclic) bond motifs is 1. The van der Waals surface area contributed by atoms with Gasteiger partial charge in [-0.15, -0.1) is 0 Å². The number of anilines is 1. The van der Waals surface area contributed by atoms with Crippen molar-refractivity contribution in [3.05, 3.63) is 103 Å². The Labute approximate surface area is 190 Å². The predicted molar refractivity (Wildman–Crippen MR) is 128 cm³/mol. The van der Waals surface area contributed by atoms with Gasteiger partial charge < -0.3 is 10.6 Å². The normalized spacial score (nSPS) is 10.7. The van der Waals surface area contributed by atoms with Gasteiger partial charge >= 0.3 is 6.03 Å². The fourth-order valence-corrected chi connectivity index (χ4v) is 3.45. The Morgan fingerprint density at radius 3 is 1.97 bits per heavy atom. The van der Waals surface area contributed by atoms with Crippen molar-refractivity contribution < 1.29 is 4.79 Å². The number of nitrogens with one attached hydrogen (secondary N) is 2. The maximum Gasteiger partial charge on any atom is 0.319 e. The van der Waals surface area contributed by atoms with E-state index in [4.69, 9.17) is 9.97 Å². The van der Waals surface area contributed by atoms with Crippen LogP contribution in [0.4, 0.5) is 10.5 Å². The molecule has 7 heteroatoms. The van der Waals surface area contributed by atoms with Gasteiger partial charge in [-0.25, -0.2) is 14.8 Å². The van der Waals surface area contributed by atoms with E-state index in [0.717, 1.165) is 11.3 Å². The first-order valence-corrected chi connectivity index (χ1v) is 10.5. The van der Waals surface area contributed by atoms with Gasteiger partial charge in [0.05, 0.1) is 22.4 Å². The summed E-state index contributed by atoms with van der Waals surface area (Å²) in [5.74, 6) is 0. The van der Waals surface area contributed by atoms with Crippen LogP contribution < -0.4 is 10.6 Å². The molecule has 3 aromatic heterocycles. The zero-order valence-corrected chi connectivity index (χ0v) is 17.6. The first-order valence-electron chi connectivity index (χ1n) is 10.5. The molecule has 2 amide bonds. The third-order valence-corrected chi connectivity index (χ3v) is 5.03. The summed E-state index contributed by atoms with van der Waals surface area (Å²) >= 11 is 0. The molecule has 0 unspecified atom stereocenters. The maximum absolute atomic E-state index is 12.4. The Hall–Kier alpha value is -4.65. The molecule has 3 heterocycles. The van der Waals surface area contributed by atoms with E-state index in [1.807, 2.05) is 78.9 Å². The number of benzene rings is 2. The van der Waals surface area contributed by atoms with Gasteiger partial charge in [-0.2, -0.15) is 0 Å². The lowest BCUT2D eigenvalue weighted by molar-refractivity contribution is 0.251. The van der Waals surface area contributed by atoms with Crippen LogP contribution in [0.1, 0.15) is 5.56 Å². The first kappa shape index (κ1) is 20.3. The molecule has 0 bridgehead atoms. The summed E-state index contributed by atoms with van der Waals surface area (Å²) < 4.78 is 0. The molecule has 0 aliphatic carbocycles. The third kappa shape index (κ3) is 4.67. The molecule has 0 fully saturated rings. The summed E-state index contributed by atoms with van der Waals surface area (Å²) in [4.78, 5) is 30.9. The van der Waals surface area contributed by atoms with Crippen molar-refractivity contribution in [1.29, 1.82) is 0 Å². The third-order valence-electron chi connectivity index (χ3n) is 5.03. The minimum absolute atomic E-state index is 0.291. The van der Waals surface area contributed by atoms with Crippen LogP contribution in [0.5, 0.6) is 0 Å². The van der Waals surface area contributed by atoms with Gasteiger partial charge in [-0.3, -0.25) is 9.97 Å². The predicted octanol–water partition coefficient (Wildman–Crippen LogP) is 5.08. The Morgan fingerprint density at radius 2 is 1.33 bits per heavy atom. The average molecular weight is 432 g/mol. The average Bonchev–Trinajstić information content (AvgIpc) is 2.88. The molecule has 7 nitrogen and oxygen atoms in total. The molecule has 0 aliphatic heterocycles. The van der Waals surface area contributed by atoms with Crippen LogP contribution in [0.15, 0.2) is 97.3 Å². The number of amides is 2. The highest BCUT2D eigenvalue weighted by molar-refractivity contribution is 5.93. The van der Waals surface area contributed by atoms with E-state index in [0.29, 0.717) is 40.3 Å². The number of aromatic nitrogens is 4. The van der Waals surface area contributed by atoms with Crippen molar-refractivity contribution in [1.82, 2.24) is 25.3 Å². The number of hydrogen-bond acceptors (Lipinski definition) is 5. The maximum atomic E-state index is 12.4. The molecule has 160 valence electrons. The molecular weight excluding hydrogens is 412 g/mol. The molecule has 0 saturated heterocycles. The molecule has 0 aliphatic rings. The number of pyridine rings is 2. The molecule has 0 saturated carbocycles. The number of carbonyl (C=O) groups excluding carboxylic acids is 1. The summed E-state index contributed by atoms with van der Waals surface area (Å²) in [5.41, 5.74) is 5.71. The lowest BCUT2D eigenvalue weighted by atomic mass is 10.1.